The second kappa shape index (κ2) is 5.88. The van der Waals surface area contributed by atoms with Gasteiger partial charge in [-0.15, -0.1) is 0 Å². The highest BCUT2D eigenvalue weighted by molar-refractivity contribution is 5.79. The average molecular weight is 240 g/mol. The number of rotatable bonds is 5. The monoisotopic (exact) mass is 240 g/mol. The smallest absolute Gasteiger partial charge is 0.323 e. The molecular weight excluding hydrogens is 224 g/mol. The maximum absolute atomic E-state index is 11.9. The predicted octanol–water partition coefficient (Wildman–Crippen LogP) is 0.368. The first-order valence-electron chi connectivity index (χ1n) is 5.24. The van der Waals surface area contributed by atoms with Crippen molar-refractivity contribution in [3.8, 4) is 0 Å². The van der Waals surface area contributed by atoms with E-state index in [9.17, 15) is 9.59 Å². The molecule has 2 amide bonds. The Bertz CT molecular complexity index is 377. The molecule has 0 aromatic carbocycles. The Morgan fingerprint density at radius 2 is 2.24 bits per heavy atom. The number of hydrogen-bond donors (Lipinski definition) is 2. The molecule has 1 heterocycles. The van der Waals surface area contributed by atoms with E-state index < -0.39 is 5.97 Å². The molecule has 1 rings (SSSR count). The lowest BCUT2D eigenvalue weighted by Gasteiger charge is -2.25. The van der Waals surface area contributed by atoms with E-state index in [0.29, 0.717) is 13.1 Å². The van der Waals surface area contributed by atoms with E-state index in [1.54, 1.807) is 26.4 Å². The van der Waals surface area contributed by atoms with Crippen molar-refractivity contribution in [3.05, 3.63) is 18.0 Å². The number of hydrogen-bond acceptors (Lipinski definition) is 3. The highest BCUT2D eigenvalue weighted by atomic mass is 16.4. The van der Waals surface area contributed by atoms with Crippen molar-refractivity contribution >= 4 is 12.0 Å². The summed E-state index contributed by atoms with van der Waals surface area (Å²) in [5.41, 5.74) is 0.868. The fourth-order valence-corrected chi connectivity index (χ4v) is 1.42. The van der Waals surface area contributed by atoms with Crippen molar-refractivity contribution in [2.45, 2.75) is 13.5 Å². The predicted molar refractivity (Wildman–Crippen MR) is 60.3 cm³/mol. The number of nitrogens with zero attached hydrogens (tertiary/aromatic N) is 3. The Balaban J connectivity index is 2.57. The van der Waals surface area contributed by atoms with Crippen LogP contribution in [0.25, 0.3) is 0 Å². The van der Waals surface area contributed by atoms with Gasteiger partial charge in [0.15, 0.2) is 0 Å². The zero-order chi connectivity index (χ0) is 12.8. The Labute approximate surface area is 99.0 Å². The molecule has 1 aromatic heterocycles. The number of carbonyl (C=O) groups is 2. The first kappa shape index (κ1) is 13.0. The zero-order valence-corrected chi connectivity index (χ0v) is 9.88. The number of aliphatic carboxylic acids is 1. The number of carboxylic acids is 1. The molecule has 1 aromatic rings. The summed E-state index contributed by atoms with van der Waals surface area (Å²) in [6, 6.07) is -0.309. The molecule has 7 nitrogen and oxygen atoms in total. The van der Waals surface area contributed by atoms with Gasteiger partial charge in [-0.3, -0.25) is 9.89 Å². The van der Waals surface area contributed by atoms with Crippen LogP contribution in [-0.2, 0) is 11.3 Å². The number of nitrogens with one attached hydrogen (secondary N) is 1. The lowest BCUT2D eigenvalue weighted by atomic mass is 10.3. The van der Waals surface area contributed by atoms with Crippen molar-refractivity contribution in [1.29, 1.82) is 0 Å². The summed E-state index contributed by atoms with van der Waals surface area (Å²) in [6.45, 7) is 2.21. The lowest BCUT2D eigenvalue weighted by molar-refractivity contribution is -0.137. The number of aromatic nitrogens is 2. The molecule has 0 aliphatic carbocycles. The van der Waals surface area contributed by atoms with Gasteiger partial charge >= 0.3 is 12.0 Å². The second-order valence-electron chi connectivity index (χ2n) is 3.65. The van der Waals surface area contributed by atoms with E-state index >= 15 is 0 Å². The van der Waals surface area contributed by atoms with Crippen LogP contribution in [-0.4, -0.2) is 57.2 Å². The third-order valence-corrected chi connectivity index (χ3v) is 2.28. The average Bonchev–Trinajstić information content (AvgIpc) is 2.77. The van der Waals surface area contributed by atoms with Gasteiger partial charge in [-0.25, -0.2) is 4.79 Å². The number of urea groups is 1. The van der Waals surface area contributed by atoms with E-state index in [2.05, 4.69) is 10.2 Å². The summed E-state index contributed by atoms with van der Waals surface area (Å²) < 4.78 is 0. The molecule has 0 spiro atoms. The molecule has 0 bridgehead atoms. The van der Waals surface area contributed by atoms with Gasteiger partial charge in [-0.05, 0) is 6.92 Å². The Morgan fingerprint density at radius 3 is 2.71 bits per heavy atom. The molecule has 7 heteroatoms. The van der Waals surface area contributed by atoms with E-state index in [4.69, 9.17) is 5.11 Å². The van der Waals surface area contributed by atoms with Gasteiger partial charge in [0.05, 0.1) is 12.7 Å². The van der Waals surface area contributed by atoms with Gasteiger partial charge in [-0.2, -0.15) is 5.10 Å². The fourth-order valence-electron chi connectivity index (χ4n) is 1.42. The summed E-state index contributed by atoms with van der Waals surface area (Å²) in [6.07, 6.45) is 3.31. The number of carbonyl (C=O) groups excluding carboxylic acids is 1. The van der Waals surface area contributed by atoms with Gasteiger partial charge < -0.3 is 14.9 Å². The van der Waals surface area contributed by atoms with Crippen molar-refractivity contribution in [1.82, 2.24) is 20.0 Å². The topological polar surface area (TPSA) is 89.5 Å². The van der Waals surface area contributed by atoms with Crippen LogP contribution in [0.15, 0.2) is 12.4 Å². The molecule has 0 atom stereocenters. The first-order valence-corrected chi connectivity index (χ1v) is 5.24. The molecule has 2 N–H and O–H groups in total. The van der Waals surface area contributed by atoms with Crippen LogP contribution in [0.5, 0.6) is 0 Å². The normalized spacial score (nSPS) is 10.0. The molecular formula is C10H16N4O3. The summed E-state index contributed by atoms with van der Waals surface area (Å²) in [5, 5.41) is 15.1. The standard InChI is InChI=1S/C10H16N4O3/c1-3-14(7-9(15)16)10(17)13(2)6-8-4-11-12-5-8/h4-5H,3,6-7H2,1-2H3,(H,11,12)(H,15,16). The summed E-state index contributed by atoms with van der Waals surface area (Å²) in [4.78, 5) is 25.2. The van der Waals surface area contributed by atoms with Crippen LogP contribution < -0.4 is 0 Å². The Kier molecular flexibility index (Phi) is 4.50. The van der Waals surface area contributed by atoms with E-state index in [0.717, 1.165) is 5.56 Å². The van der Waals surface area contributed by atoms with Gasteiger partial charge in [0.25, 0.3) is 0 Å². The Hall–Kier alpha value is -2.05. The third kappa shape index (κ3) is 3.78. The van der Waals surface area contributed by atoms with Crippen LogP contribution in [0, 0.1) is 0 Å². The quantitative estimate of drug-likeness (QED) is 0.778. The van der Waals surface area contributed by atoms with Gasteiger partial charge in [0, 0.05) is 25.4 Å². The van der Waals surface area contributed by atoms with Crippen LogP contribution in [0.2, 0.25) is 0 Å². The van der Waals surface area contributed by atoms with E-state index in [1.165, 1.54) is 9.80 Å². The van der Waals surface area contributed by atoms with Gasteiger partial charge in [0.2, 0.25) is 0 Å². The molecule has 0 aliphatic heterocycles. The first-order chi connectivity index (χ1) is 8.04. The molecule has 0 radical (unpaired) electrons. The van der Waals surface area contributed by atoms with Crippen molar-refractivity contribution < 1.29 is 14.7 Å². The number of H-pyrrole nitrogens is 1. The third-order valence-electron chi connectivity index (χ3n) is 2.28. The van der Waals surface area contributed by atoms with Crippen molar-refractivity contribution in [3.63, 3.8) is 0 Å². The fraction of sp³-hybridized carbons (Fsp3) is 0.500. The molecule has 0 saturated carbocycles. The number of carboxylic acid groups (broad SMARTS) is 1. The highest BCUT2D eigenvalue weighted by Gasteiger charge is 2.18. The summed E-state index contributed by atoms with van der Waals surface area (Å²) in [5.74, 6) is -1.02. The molecule has 0 saturated heterocycles. The van der Waals surface area contributed by atoms with Crippen LogP contribution in [0.4, 0.5) is 4.79 Å². The molecule has 17 heavy (non-hydrogen) atoms. The summed E-state index contributed by atoms with van der Waals surface area (Å²) >= 11 is 0. The molecule has 94 valence electrons. The minimum Gasteiger partial charge on any atom is -0.480 e. The largest absolute Gasteiger partial charge is 0.480 e. The van der Waals surface area contributed by atoms with Crippen molar-refractivity contribution in [2.24, 2.45) is 0 Å². The van der Waals surface area contributed by atoms with E-state index in [1.807, 2.05) is 0 Å². The maximum Gasteiger partial charge on any atom is 0.323 e. The minimum absolute atomic E-state index is 0.287. The SMILES string of the molecule is CCN(CC(=O)O)C(=O)N(C)Cc1cn[nH]c1. The van der Waals surface area contributed by atoms with Gasteiger partial charge in [0.1, 0.15) is 6.54 Å². The minimum atomic E-state index is -1.02. The number of likely N-dealkylation sites (N-methyl/N-ethyl adjacent to an activating group) is 1. The maximum atomic E-state index is 11.9. The van der Waals surface area contributed by atoms with E-state index in [-0.39, 0.29) is 12.6 Å². The lowest BCUT2D eigenvalue weighted by Crippen LogP contribution is -2.43. The molecule has 0 unspecified atom stereocenters. The van der Waals surface area contributed by atoms with Gasteiger partial charge in [-0.1, -0.05) is 0 Å². The molecule has 0 aliphatic rings. The van der Waals surface area contributed by atoms with Crippen LogP contribution >= 0.6 is 0 Å². The van der Waals surface area contributed by atoms with Crippen molar-refractivity contribution in [2.75, 3.05) is 20.1 Å². The molecule has 0 fully saturated rings. The number of amides is 2. The Morgan fingerprint density at radius 1 is 1.53 bits per heavy atom. The van der Waals surface area contributed by atoms with Crippen LogP contribution in [0.1, 0.15) is 12.5 Å². The highest BCUT2D eigenvalue weighted by Crippen LogP contribution is 2.03. The summed E-state index contributed by atoms with van der Waals surface area (Å²) in [7, 11) is 1.62. The second-order valence-corrected chi connectivity index (χ2v) is 3.65. The zero-order valence-electron chi connectivity index (χ0n) is 9.88. The number of aromatic amines is 1. The van der Waals surface area contributed by atoms with Crippen LogP contribution in [0.3, 0.4) is 0 Å².